The number of amides is 1. The molecule has 0 spiro atoms. The first-order chi connectivity index (χ1) is 10.5. The number of aliphatic imine (C=N–C) groups is 1. The Bertz CT molecular complexity index is 843. The lowest BCUT2D eigenvalue weighted by Crippen LogP contribution is -2.13. The number of benzene rings is 2. The van der Waals surface area contributed by atoms with Crippen molar-refractivity contribution in [3.05, 3.63) is 57.6 Å². The van der Waals surface area contributed by atoms with Gasteiger partial charge in [-0.25, -0.2) is 4.99 Å². The second kappa shape index (κ2) is 4.96. The number of nitro groups is 1. The Balaban J connectivity index is 2.13. The van der Waals surface area contributed by atoms with Gasteiger partial charge >= 0.3 is 0 Å². The topological polar surface area (TPSA) is 105 Å². The summed E-state index contributed by atoms with van der Waals surface area (Å²) in [6, 6.07) is 8.92. The maximum atomic E-state index is 12.0. The minimum absolute atomic E-state index is 0.0397. The zero-order valence-electron chi connectivity index (χ0n) is 11.5. The first kappa shape index (κ1) is 13.7. The number of carbonyl (C=O) groups excluding carboxylic acids is 1. The van der Waals surface area contributed by atoms with Gasteiger partial charge in [-0.3, -0.25) is 14.9 Å². The molecule has 2 aromatic carbocycles. The largest absolute Gasteiger partial charge is 0.506 e. The molecule has 0 saturated carbocycles. The maximum absolute atomic E-state index is 12.0. The van der Waals surface area contributed by atoms with Crippen LogP contribution in [0.1, 0.15) is 11.1 Å². The van der Waals surface area contributed by atoms with E-state index in [1.54, 1.807) is 12.1 Å². The lowest BCUT2D eigenvalue weighted by atomic mass is 10.1. The molecule has 22 heavy (non-hydrogen) atoms. The molecule has 7 nitrogen and oxygen atoms in total. The summed E-state index contributed by atoms with van der Waals surface area (Å²) in [6.07, 6.45) is 0. The number of hydrogen-bond acceptors (Lipinski definition) is 5. The molecule has 0 bridgehead atoms. The van der Waals surface area contributed by atoms with Gasteiger partial charge in [-0.05, 0) is 30.7 Å². The molecule has 1 amide bonds. The van der Waals surface area contributed by atoms with Crippen LogP contribution in [0.25, 0.3) is 0 Å². The lowest BCUT2D eigenvalue weighted by Gasteiger charge is -2.02. The van der Waals surface area contributed by atoms with Crippen LogP contribution in [0, 0.1) is 17.0 Å². The smallest absolute Gasteiger partial charge is 0.275 e. The van der Waals surface area contributed by atoms with Gasteiger partial charge in [-0.2, -0.15) is 0 Å². The number of nitrogens with zero attached hydrogens (tertiary/aromatic N) is 2. The highest BCUT2D eigenvalue weighted by molar-refractivity contribution is 6.54. The molecule has 110 valence electrons. The summed E-state index contributed by atoms with van der Waals surface area (Å²) in [4.78, 5) is 26.5. The number of nitrogens with one attached hydrogen (secondary N) is 1. The number of anilines is 1. The number of rotatable bonds is 2. The minimum Gasteiger partial charge on any atom is -0.506 e. The van der Waals surface area contributed by atoms with Gasteiger partial charge in [0.05, 0.1) is 10.6 Å². The van der Waals surface area contributed by atoms with Gasteiger partial charge in [-0.1, -0.05) is 6.07 Å². The molecule has 0 saturated heterocycles. The van der Waals surface area contributed by atoms with Crippen molar-refractivity contribution in [3.8, 4) is 5.75 Å². The second-order valence-electron chi connectivity index (χ2n) is 4.89. The van der Waals surface area contributed by atoms with Crippen LogP contribution < -0.4 is 5.32 Å². The molecule has 0 aliphatic carbocycles. The SMILES string of the molecule is Cc1ccc(N=C2C(=O)Nc3ccc([N+](=O)[O-])cc32)c(O)c1. The van der Waals surface area contributed by atoms with E-state index in [1.807, 2.05) is 6.92 Å². The molecule has 7 heteroatoms. The zero-order chi connectivity index (χ0) is 15.9. The number of fused-ring (bicyclic) bond motifs is 1. The highest BCUT2D eigenvalue weighted by Gasteiger charge is 2.28. The van der Waals surface area contributed by atoms with E-state index in [9.17, 15) is 20.0 Å². The number of carbonyl (C=O) groups is 1. The number of hydrogen-bond donors (Lipinski definition) is 2. The Kier molecular flexibility index (Phi) is 3.10. The van der Waals surface area contributed by atoms with Crippen molar-refractivity contribution in [2.45, 2.75) is 6.92 Å². The van der Waals surface area contributed by atoms with Crippen molar-refractivity contribution in [1.82, 2.24) is 0 Å². The van der Waals surface area contributed by atoms with E-state index >= 15 is 0 Å². The number of non-ortho nitro benzene ring substituents is 1. The van der Waals surface area contributed by atoms with Crippen LogP contribution in [0.5, 0.6) is 5.75 Å². The van der Waals surface area contributed by atoms with Crippen LogP contribution in [0.3, 0.4) is 0 Å². The van der Waals surface area contributed by atoms with E-state index in [4.69, 9.17) is 0 Å². The molecule has 0 fully saturated rings. The first-order valence-corrected chi connectivity index (χ1v) is 6.44. The van der Waals surface area contributed by atoms with Crippen LogP contribution in [-0.2, 0) is 4.79 Å². The summed E-state index contributed by atoms with van der Waals surface area (Å²) in [5.41, 5.74) is 1.80. The Morgan fingerprint density at radius 3 is 2.68 bits per heavy atom. The van der Waals surface area contributed by atoms with E-state index in [0.717, 1.165) is 5.56 Å². The van der Waals surface area contributed by atoms with Crippen molar-refractivity contribution in [3.63, 3.8) is 0 Å². The van der Waals surface area contributed by atoms with Crippen molar-refractivity contribution in [2.75, 3.05) is 5.32 Å². The molecular weight excluding hydrogens is 286 g/mol. The number of aryl methyl sites for hydroxylation is 1. The molecular formula is C15H11N3O4. The second-order valence-corrected chi connectivity index (χ2v) is 4.89. The highest BCUT2D eigenvalue weighted by atomic mass is 16.6. The first-order valence-electron chi connectivity index (χ1n) is 6.44. The van der Waals surface area contributed by atoms with E-state index < -0.39 is 10.8 Å². The summed E-state index contributed by atoms with van der Waals surface area (Å²) in [5, 5.41) is 23.3. The predicted octanol–water partition coefficient (Wildman–Crippen LogP) is 2.68. The molecule has 1 heterocycles. The van der Waals surface area contributed by atoms with Crippen molar-refractivity contribution in [1.29, 1.82) is 0 Å². The van der Waals surface area contributed by atoms with Gasteiger partial charge in [0.15, 0.2) is 0 Å². The summed E-state index contributed by atoms with van der Waals surface area (Å²) in [7, 11) is 0. The van der Waals surface area contributed by atoms with E-state index in [-0.39, 0.29) is 22.8 Å². The third-order valence-corrected chi connectivity index (χ3v) is 3.30. The highest BCUT2D eigenvalue weighted by Crippen LogP contribution is 2.32. The quantitative estimate of drug-likeness (QED) is 0.656. The minimum atomic E-state index is -0.538. The molecule has 2 N–H and O–H groups in total. The van der Waals surface area contributed by atoms with Crippen LogP contribution in [0.2, 0.25) is 0 Å². The van der Waals surface area contributed by atoms with Gasteiger partial charge in [0, 0.05) is 17.7 Å². The van der Waals surface area contributed by atoms with Crippen LogP contribution >= 0.6 is 0 Å². The van der Waals surface area contributed by atoms with Gasteiger partial charge in [-0.15, -0.1) is 0 Å². The molecule has 3 rings (SSSR count). The molecule has 0 unspecified atom stereocenters. The Hall–Kier alpha value is -3.22. The average Bonchev–Trinajstić information content (AvgIpc) is 2.77. The van der Waals surface area contributed by atoms with Crippen LogP contribution in [-0.4, -0.2) is 21.6 Å². The van der Waals surface area contributed by atoms with E-state index in [2.05, 4.69) is 10.3 Å². The summed E-state index contributed by atoms with van der Waals surface area (Å²) >= 11 is 0. The average molecular weight is 297 g/mol. The van der Waals surface area contributed by atoms with Gasteiger partial charge in [0.25, 0.3) is 11.6 Å². The zero-order valence-corrected chi connectivity index (χ0v) is 11.5. The molecule has 0 aromatic heterocycles. The van der Waals surface area contributed by atoms with Gasteiger partial charge in [0.1, 0.15) is 17.1 Å². The number of phenolic OH excluding ortho intramolecular Hbond substituents is 1. The Labute approximate surface area is 125 Å². The fourth-order valence-corrected chi connectivity index (χ4v) is 2.21. The van der Waals surface area contributed by atoms with Crippen LogP contribution in [0.15, 0.2) is 41.4 Å². The normalized spacial score (nSPS) is 14.8. The third kappa shape index (κ3) is 2.28. The van der Waals surface area contributed by atoms with Crippen molar-refractivity contribution in [2.24, 2.45) is 4.99 Å². The van der Waals surface area contributed by atoms with Crippen molar-refractivity contribution >= 4 is 28.7 Å². The predicted molar refractivity (Wildman–Crippen MR) is 80.8 cm³/mol. The molecule has 0 radical (unpaired) electrons. The third-order valence-electron chi connectivity index (χ3n) is 3.30. The fourth-order valence-electron chi connectivity index (χ4n) is 2.21. The van der Waals surface area contributed by atoms with Crippen LogP contribution in [0.4, 0.5) is 17.1 Å². The summed E-state index contributed by atoms with van der Waals surface area (Å²) in [5.74, 6) is -0.519. The van der Waals surface area contributed by atoms with E-state index in [1.165, 1.54) is 24.3 Å². The molecule has 1 aliphatic heterocycles. The van der Waals surface area contributed by atoms with Gasteiger partial charge in [0.2, 0.25) is 0 Å². The monoisotopic (exact) mass is 297 g/mol. The van der Waals surface area contributed by atoms with Crippen molar-refractivity contribution < 1.29 is 14.8 Å². The standard InChI is InChI=1S/C15H11N3O4/c1-8-2-4-12(13(19)6-8)16-14-10-7-9(18(21)22)3-5-11(10)17-15(14)20/h2-7,19H,1H3,(H,16,17,20). The molecule has 1 aliphatic rings. The molecule has 2 aromatic rings. The van der Waals surface area contributed by atoms with Gasteiger partial charge < -0.3 is 10.4 Å². The number of aromatic hydroxyl groups is 1. The lowest BCUT2D eigenvalue weighted by molar-refractivity contribution is -0.384. The summed E-state index contributed by atoms with van der Waals surface area (Å²) in [6.45, 7) is 1.82. The Morgan fingerprint density at radius 2 is 2.00 bits per heavy atom. The summed E-state index contributed by atoms with van der Waals surface area (Å²) < 4.78 is 0. The van der Waals surface area contributed by atoms with E-state index in [0.29, 0.717) is 11.3 Å². The fraction of sp³-hybridized carbons (Fsp3) is 0.0667. The number of phenols is 1. The maximum Gasteiger partial charge on any atom is 0.275 e. The Morgan fingerprint density at radius 1 is 1.23 bits per heavy atom. The molecule has 0 atom stereocenters. The number of nitro benzene ring substituents is 1.